The van der Waals surface area contributed by atoms with Gasteiger partial charge in [-0.05, 0) is 6.92 Å². The Morgan fingerprint density at radius 2 is 1.56 bits per heavy atom. The second-order valence-corrected chi connectivity index (χ2v) is 1.56. The molecule has 0 saturated heterocycles. The van der Waals surface area contributed by atoms with Crippen molar-refractivity contribution < 1.29 is 10.2 Å². The highest BCUT2D eigenvalue weighted by Gasteiger charge is 2.19. The molecule has 0 aliphatic rings. The maximum atomic E-state index is 8.40. The summed E-state index contributed by atoms with van der Waals surface area (Å²) in [5.74, 6) is -1.94. The highest BCUT2D eigenvalue weighted by Crippen LogP contribution is 1.89. The summed E-state index contributed by atoms with van der Waals surface area (Å²) in [6, 6.07) is 0. The van der Waals surface area contributed by atoms with Crippen LogP contribution < -0.4 is 11.5 Å². The van der Waals surface area contributed by atoms with Crippen molar-refractivity contribution in [2.75, 3.05) is 0 Å². The zero-order valence-electron chi connectivity index (χ0n) is 5.54. The molecule has 0 aromatic carbocycles. The van der Waals surface area contributed by atoms with E-state index in [1.54, 1.807) is 0 Å². The molecule has 0 aromatic heterocycles. The van der Waals surface area contributed by atoms with E-state index in [9.17, 15) is 0 Å². The molecular formula is C5H14N2O2. The Balaban J connectivity index is 0. The maximum absolute atomic E-state index is 8.40. The summed E-state index contributed by atoms with van der Waals surface area (Å²) in [7, 11) is 0. The minimum absolute atomic E-state index is 1.09. The second-order valence-electron chi connectivity index (χ2n) is 1.56. The van der Waals surface area contributed by atoms with Crippen molar-refractivity contribution in [1.29, 1.82) is 0 Å². The van der Waals surface area contributed by atoms with Crippen LogP contribution in [-0.4, -0.2) is 22.2 Å². The van der Waals surface area contributed by atoms with Gasteiger partial charge in [0.25, 0.3) is 0 Å². The summed E-state index contributed by atoms with van der Waals surface area (Å²) in [6.07, 6.45) is -1.09. The summed E-state index contributed by atoms with van der Waals surface area (Å²) in [5, 5.41) is 16.8. The van der Waals surface area contributed by atoms with Crippen LogP contribution in [0.2, 0.25) is 0 Å². The fraction of sp³-hybridized carbons (Fsp3) is 0.600. The molecule has 0 aliphatic carbocycles. The summed E-state index contributed by atoms with van der Waals surface area (Å²) in [4.78, 5) is 0. The van der Waals surface area contributed by atoms with Crippen LogP contribution in [-0.2, 0) is 0 Å². The molecule has 0 amide bonds. The van der Waals surface area contributed by atoms with Crippen molar-refractivity contribution in [2.24, 2.45) is 11.5 Å². The van der Waals surface area contributed by atoms with E-state index in [0.717, 1.165) is 0 Å². The van der Waals surface area contributed by atoms with Crippen molar-refractivity contribution in [1.82, 2.24) is 0 Å². The van der Waals surface area contributed by atoms with E-state index < -0.39 is 12.0 Å². The molecule has 6 N–H and O–H groups in total. The summed E-state index contributed by atoms with van der Waals surface area (Å²) < 4.78 is 0. The van der Waals surface area contributed by atoms with Crippen molar-refractivity contribution in [3.63, 3.8) is 0 Å². The van der Waals surface area contributed by atoms with Crippen molar-refractivity contribution in [3.05, 3.63) is 13.2 Å². The average Bonchev–Trinajstić information content (AvgIpc) is 1.69. The zero-order chi connectivity index (χ0) is 8.08. The number of hydrogen-bond donors (Lipinski definition) is 4. The van der Waals surface area contributed by atoms with E-state index >= 15 is 0 Å². The molecule has 56 valence electrons. The summed E-state index contributed by atoms with van der Waals surface area (Å²) >= 11 is 0. The minimum atomic E-state index is -1.94. The lowest BCUT2D eigenvalue weighted by Crippen LogP contribution is -2.57. The Morgan fingerprint density at radius 3 is 1.56 bits per heavy atom. The molecule has 0 bridgehead atoms. The third kappa shape index (κ3) is 7.58. The molecule has 4 nitrogen and oxygen atoms in total. The van der Waals surface area contributed by atoms with Crippen LogP contribution >= 0.6 is 0 Å². The van der Waals surface area contributed by atoms with E-state index in [2.05, 4.69) is 13.2 Å². The lowest BCUT2D eigenvalue weighted by atomic mass is 10.3. The first-order chi connectivity index (χ1) is 3.94. The van der Waals surface area contributed by atoms with Gasteiger partial charge in [-0.25, -0.2) is 0 Å². The van der Waals surface area contributed by atoms with Crippen molar-refractivity contribution in [2.45, 2.75) is 18.9 Å². The van der Waals surface area contributed by atoms with Crippen LogP contribution in [0.25, 0.3) is 0 Å². The van der Waals surface area contributed by atoms with E-state index in [-0.39, 0.29) is 0 Å². The van der Waals surface area contributed by atoms with E-state index in [1.807, 2.05) is 0 Å². The minimum Gasteiger partial charge on any atom is -0.387 e. The van der Waals surface area contributed by atoms with Crippen LogP contribution in [0.15, 0.2) is 13.2 Å². The van der Waals surface area contributed by atoms with Gasteiger partial charge >= 0.3 is 0 Å². The normalized spacial score (nSPS) is 13.4. The first-order valence-electron chi connectivity index (χ1n) is 2.43. The molecule has 1 atom stereocenters. The maximum Gasteiger partial charge on any atom is 0.193 e. The lowest BCUT2D eigenvalue weighted by molar-refractivity contribution is -0.0566. The fourth-order valence-electron chi connectivity index (χ4n) is 0. The Kier molecular flexibility index (Phi) is 5.64. The van der Waals surface area contributed by atoms with Gasteiger partial charge in [-0.2, -0.15) is 0 Å². The van der Waals surface area contributed by atoms with Gasteiger partial charge in [-0.3, -0.25) is 11.5 Å². The standard InChI is InChI=1S/C3H10N2O2.C2H4/c1-2(6)3(4,5)7;1-2/h2,6-7H,4-5H2,1H3;1-2H2. The van der Waals surface area contributed by atoms with Crippen LogP contribution in [0.4, 0.5) is 0 Å². The van der Waals surface area contributed by atoms with Gasteiger partial charge in [-0.1, -0.05) is 0 Å². The third-order valence-corrected chi connectivity index (χ3v) is 0.669. The molecule has 0 spiro atoms. The molecule has 4 heteroatoms. The van der Waals surface area contributed by atoms with Gasteiger partial charge in [0.05, 0.1) is 0 Å². The third-order valence-electron chi connectivity index (χ3n) is 0.669. The summed E-state index contributed by atoms with van der Waals surface area (Å²) in [5.41, 5.74) is 9.52. The molecular weight excluding hydrogens is 120 g/mol. The smallest absolute Gasteiger partial charge is 0.193 e. The number of nitrogens with two attached hydrogens (primary N) is 2. The molecule has 0 rings (SSSR count). The molecule has 0 heterocycles. The Hall–Kier alpha value is -0.420. The molecule has 0 aromatic rings. The lowest BCUT2D eigenvalue weighted by Gasteiger charge is -2.19. The Labute approximate surface area is 54.8 Å². The predicted octanol–water partition coefficient (Wildman–Crippen LogP) is -1.27. The second kappa shape index (κ2) is 4.46. The van der Waals surface area contributed by atoms with E-state index in [1.165, 1.54) is 6.92 Å². The zero-order valence-corrected chi connectivity index (χ0v) is 5.54. The van der Waals surface area contributed by atoms with Crippen LogP contribution in [0.1, 0.15) is 6.92 Å². The SMILES string of the molecule is C=C.CC(O)C(N)(N)O. The molecule has 0 radical (unpaired) electrons. The number of hydrogen-bond acceptors (Lipinski definition) is 4. The monoisotopic (exact) mass is 134 g/mol. The van der Waals surface area contributed by atoms with Gasteiger partial charge < -0.3 is 10.2 Å². The van der Waals surface area contributed by atoms with Crippen molar-refractivity contribution in [3.8, 4) is 0 Å². The topological polar surface area (TPSA) is 92.5 Å². The van der Waals surface area contributed by atoms with Crippen molar-refractivity contribution >= 4 is 0 Å². The number of aliphatic hydroxyl groups is 2. The fourth-order valence-corrected chi connectivity index (χ4v) is 0. The molecule has 0 aliphatic heterocycles. The highest BCUT2D eigenvalue weighted by molar-refractivity contribution is 4.66. The Bertz CT molecular complexity index is 67.8. The quantitative estimate of drug-likeness (QED) is 0.266. The molecule has 9 heavy (non-hydrogen) atoms. The van der Waals surface area contributed by atoms with Crippen LogP contribution in [0, 0.1) is 0 Å². The van der Waals surface area contributed by atoms with Gasteiger partial charge in [0, 0.05) is 0 Å². The van der Waals surface area contributed by atoms with Crippen LogP contribution in [0.5, 0.6) is 0 Å². The van der Waals surface area contributed by atoms with Crippen LogP contribution in [0.3, 0.4) is 0 Å². The van der Waals surface area contributed by atoms with Gasteiger partial charge in [0.15, 0.2) is 5.85 Å². The first kappa shape index (κ1) is 11.4. The molecule has 0 fully saturated rings. The molecule has 0 saturated carbocycles. The molecule has 1 unspecified atom stereocenters. The largest absolute Gasteiger partial charge is 0.387 e. The number of rotatable bonds is 1. The highest BCUT2D eigenvalue weighted by atomic mass is 16.4. The van der Waals surface area contributed by atoms with E-state index in [4.69, 9.17) is 21.7 Å². The number of aliphatic hydroxyl groups excluding tert-OH is 1. The first-order valence-corrected chi connectivity index (χ1v) is 2.43. The Morgan fingerprint density at radius 1 is 1.44 bits per heavy atom. The predicted molar refractivity (Wildman–Crippen MR) is 36.3 cm³/mol. The van der Waals surface area contributed by atoms with Gasteiger partial charge in [-0.15, -0.1) is 13.2 Å². The summed E-state index contributed by atoms with van der Waals surface area (Å²) in [6.45, 7) is 7.31. The van der Waals surface area contributed by atoms with E-state index in [0.29, 0.717) is 0 Å². The average molecular weight is 134 g/mol. The van der Waals surface area contributed by atoms with Gasteiger partial charge in [0.1, 0.15) is 6.10 Å². The van der Waals surface area contributed by atoms with Gasteiger partial charge in [0.2, 0.25) is 0 Å².